The molecule has 1 N–H and O–H groups in total. The molecular formula is C14H17F3O2. The number of allylic oxidation sites excluding steroid dienone is 1. The fourth-order valence-electron chi connectivity index (χ4n) is 1.55. The maximum Gasteiger partial charge on any atom is 0.419 e. The van der Waals surface area contributed by atoms with Gasteiger partial charge in [0, 0.05) is 5.56 Å². The largest absolute Gasteiger partial charge is 0.508 e. The molecule has 0 aliphatic heterocycles. The van der Waals surface area contributed by atoms with E-state index in [0.29, 0.717) is 0 Å². The summed E-state index contributed by atoms with van der Waals surface area (Å²) in [6, 6.07) is 5.31. The number of hydrogen-bond donors (Lipinski definition) is 1. The van der Waals surface area contributed by atoms with Gasteiger partial charge in [0.15, 0.2) is 6.10 Å². The van der Waals surface area contributed by atoms with Crippen LogP contribution >= 0.6 is 0 Å². The van der Waals surface area contributed by atoms with Crippen LogP contribution < -0.4 is 0 Å². The zero-order valence-electron chi connectivity index (χ0n) is 10.8. The number of aromatic hydroxyl groups is 1. The van der Waals surface area contributed by atoms with Crippen LogP contribution in [0.2, 0.25) is 0 Å². The molecule has 19 heavy (non-hydrogen) atoms. The van der Waals surface area contributed by atoms with Crippen LogP contribution in [0.4, 0.5) is 13.2 Å². The Hall–Kier alpha value is -1.49. The molecule has 0 aliphatic carbocycles. The molecule has 0 bridgehead atoms. The predicted octanol–water partition coefficient (Wildman–Crippen LogP) is 4.22. The Morgan fingerprint density at radius 3 is 2.42 bits per heavy atom. The number of benzene rings is 1. The molecule has 1 rings (SSSR count). The number of ether oxygens (including phenoxy) is 1. The van der Waals surface area contributed by atoms with Crippen molar-refractivity contribution in [3.8, 4) is 5.75 Å². The SMILES string of the molecule is CC(C)/C=C/COC(c1ccccc1O)C(F)(F)F. The van der Waals surface area contributed by atoms with Crippen LogP contribution in [0.1, 0.15) is 25.5 Å². The van der Waals surface area contributed by atoms with Gasteiger partial charge in [0.25, 0.3) is 0 Å². The fraction of sp³-hybridized carbons (Fsp3) is 0.429. The molecule has 0 radical (unpaired) electrons. The molecule has 0 amide bonds. The standard InChI is InChI=1S/C14H17F3O2/c1-10(2)6-5-9-19-13(14(15,16)17)11-7-3-4-8-12(11)18/h3-8,10,13,18H,9H2,1-2H3/b6-5+. The molecule has 1 aromatic carbocycles. The summed E-state index contributed by atoms with van der Waals surface area (Å²) in [5.41, 5.74) is -0.270. The van der Waals surface area contributed by atoms with Crippen LogP contribution in [0, 0.1) is 5.92 Å². The van der Waals surface area contributed by atoms with Gasteiger partial charge in [-0.25, -0.2) is 0 Å². The lowest BCUT2D eigenvalue weighted by Gasteiger charge is -2.21. The van der Waals surface area contributed by atoms with Gasteiger partial charge in [0.2, 0.25) is 0 Å². The molecule has 5 heteroatoms. The summed E-state index contributed by atoms with van der Waals surface area (Å²) in [6.45, 7) is 3.68. The first-order valence-electron chi connectivity index (χ1n) is 5.95. The van der Waals surface area contributed by atoms with Gasteiger partial charge in [-0.15, -0.1) is 0 Å². The molecule has 0 spiro atoms. The highest BCUT2D eigenvalue weighted by atomic mass is 19.4. The lowest BCUT2D eigenvalue weighted by molar-refractivity contribution is -0.221. The van der Waals surface area contributed by atoms with Gasteiger partial charge < -0.3 is 9.84 Å². The normalized spacial score (nSPS) is 14.2. The van der Waals surface area contributed by atoms with Gasteiger partial charge in [0.05, 0.1) is 6.61 Å². The van der Waals surface area contributed by atoms with Crippen LogP contribution in [0.5, 0.6) is 5.75 Å². The Morgan fingerprint density at radius 1 is 1.26 bits per heavy atom. The first-order chi connectivity index (χ1) is 8.82. The maximum absolute atomic E-state index is 12.9. The number of rotatable bonds is 5. The topological polar surface area (TPSA) is 29.5 Å². The third-order valence-corrected chi connectivity index (χ3v) is 2.40. The Bertz CT molecular complexity index is 425. The lowest BCUT2D eigenvalue weighted by Crippen LogP contribution is -2.23. The van der Waals surface area contributed by atoms with Crippen molar-refractivity contribution < 1.29 is 23.0 Å². The van der Waals surface area contributed by atoms with Gasteiger partial charge in [-0.05, 0) is 12.0 Å². The molecule has 0 fully saturated rings. The van der Waals surface area contributed by atoms with Crippen molar-refractivity contribution in [2.24, 2.45) is 5.92 Å². The van der Waals surface area contributed by atoms with Gasteiger partial charge >= 0.3 is 6.18 Å². The second-order valence-electron chi connectivity index (χ2n) is 4.49. The summed E-state index contributed by atoms with van der Waals surface area (Å²) in [6.07, 6.45) is -3.38. The van der Waals surface area contributed by atoms with E-state index in [-0.39, 0.29) is 18.1 Å². The zero-order chi connectivity index (χ0) is 14.5. The van der Waals surface area contributed by atoms with Crippen LogP contribution in [-0.4, -0.2) is 17.9 Å². The van der Waals surface area contributed by atoms with Crippen LogP contribution in [0.15, 0.2) is 36.4 Å². The van der Waals surface area contributed by atoms with E-state index in [1.54, 1.807) is 12.2 Å². The first kappa shape index (κ1) is 15.6. The number of phenolic OH excluding ortho intramolecular Hbond substituents is 1. The lowest BCUT2D eigenvalue weighted by atomic mass is 10.1. The minimum Gasteiger partial charge on any atom is -0.508 e. The molecule has 2 nitrogen and oxygen atoms in total. The third kappa shape index (κ3) is 4.95. The van der Waals surface area contributed by atoms with Crippen molar-refractivity contribution in [1.82, 2.24) is 0 Å². The Kier molecular flexibility index (Phi) is 5.42. The number of alkyl halides is 3. The van der Waals surface area contributed by atoms with Crippen LogP contribution in [-0.2, 0) is 4.74 Å². The van der Waals surface area contributed by atoms with Crippen molar-refractivity contribution in [3.63, 3.8) is 0 Å². The second-order valence-corrected chi connectivity index (χ2v) is 4.49. The third-order valence-electron chi connectivity index (χ3n) is 2.40. The molecule has 0 aliphatic rings. The average molecular weight is 274 g/mol. The van der Waals surface area contributed by atoms with E-state index in [4.69, 9.17) is 4.74 Å². The summed E-state index contributed by atoms with van der Waals surface area (Å²) in [7, 11) is 0. The molecule has 1 atom stereocenters. The Morgan fingerprint density at radius 2 is 1.89 bits per heavy atom. The maximum atomic E-state index is 12.9. The van der Waals surface area contributed by atoms with Gasteiger partial charge in [-0.2, -0.15) is 13.2 Å². The number of phenols is 1. The highest BCUT2D eigenvalue weighted by Gasteiger charge is 2.42. The number of hydrogen-bond acceptors (Lipinski definition) is 2. The smallest absolute Gasteiger partial charge is 0.419 e. The quantitative estimate of drug-likeness (QED) is 0.814. The second kappa shape index (κ2) is 6.61. The van der Waals surface area contributed by atoms with Gasteiger partial charge in [-0.3, -0.25) is 0 Å². The molecule has 106 valence electrons. The molecular weight excluding hydrogens is 257 g/mol. The molecule has 0 saturated carbocycles. The summed E-state index contributed by atoms with van der Waals surface area (Å²) in [5.74, 6) is -0.171. The Balaban J connectivity index is 2.83. The van der Waals surface area contributed by atoms with Crippen molar-refractivity contribution in [3.05, 3.63) is 42.0 Å². The van der Waals surface area contributed by atoms with Crippen molar-refractivity contribution in [2.75, 3.05) is 6.61 Å². The molecule has 1 aromatic rings. The highest BCUT2D eigenvalue weighted by Crippen LogP contribution is 2.39. The predicted molar refractivity (Wildman–Crippen MR) is 66.8 cm³/mol. The molecule has 0 saturated heterocycles. The minimum atomic E-state index is -4.56. The van der Waals surface area contributed by atoms with E-state index >= 15 is 0 Å². The first-order valence-corrected chi connectivity index (χ1v) is 5.95. The van der Waals surface area contributed by atoms with E-state index < -0.39 is 18.0 Å². The van der Waals surface area contributed by atoms with E-state index in [9.17, 15) is 18.3 Å². The average Bonchev–Trinajstić information content (AvgIpc) is 2.28. The Labute approximate surface area is 110 Å². The summed E-state index contributed by atoms with van der Waals surface area (Å²) in [4.78, 5) is 0. The van der Waals surface area contributed by atoms with Crippen LogP contribution in [0.25, 0.3) is 0 Å². The van der Waals surface area contributed by atoms with Crippen LogP contribution in [0.3, 0.4) is 0 Å². The molecule has 1 unspecified atom stereocenters. The van der Waals surface area contributed by atoms with Crippen molar-refractivity contribution >= 4 is 0 Å². The van der Waals surface area contributed by atoms with E-state index in [0.717, 1.165) is 0 Å². The molecule has 0 heterocycles. The monoisotopic (exact) mass is 274 g/mol. The van der Waals surface area contributed by atoms with E-state index in [1.807, 2.05) is 13.8 Å². The minimum absolute atomic E-state index is 0.156. The fourth-order valence-corrected chi connectivity index (χ4v) is 1.55. The van der Waals surface area contributed by atoms with Crippen molar-refractivity contribution in [1.29, 1.82) is 0 Å². The van der Waals surface area contributed by atoms with Gasteiger partial charge in [-0.1, -0.05) is 44.2 Å². The van der Waals surface area contributed by atoms with E-state index in [2.05, 4.69) is 0 Å². The zero-order valence-corrected chi connectivity index (χ0v) is 10.8. The van der Waals surface area contributed by atoms with E-state index in [1.165, 1.54) is 24.3 Å². The number of halogens is 3. The summed E-state index contributed by atoms with van der Waals surface area (Å²) >= 11 is 0. The molecule has 0 aromatic heterocycles. The summed E-state index contributed by atoms with van der Waals surface area (Å²) in [5, 5.41) is 9.49. The van der Waals surface area contributed by atoms with Gasteiger partial charge in [0.1, 0.15) is 5.75 Å². The van der Waals surface area contributed by atoms with Crippen molar-refractivity contribution in [2.45, 2.75) is 26.1 Å². The number of para-hydroxylation sites is 1. The summed E-state index contributed by atoms with van der Waals surface area (Å²) < 4.78 is 43.6. The highest BCUT2D eigenvalue weighted by molar-refractivity contribution is 5.34.